The zero-order valence-electron chi connectivity index (χ0n) is 11.2. The number of H-pyrrole nitrogens is 1. The molecule has 0 radical (unpaired) electrons. The Labute approximate surface area is 115 Å². The highest BCUT2D eigenvalue weighted by Crippen LogP contribution is 2.27. The molecule has 3 heterocycles. The number of rotatable bonds is 2. The quantitative estimate of drug-likeness (QED) is 0.822. The summed E-state index contributed by atoms with van der Waals surface area (Å²) in [7, 11) is 1.54. The number of hydrogen-bond donors (Lipinski definition) is 2. The predicted octanol–water partition coefficient (Wildman–Crippen LogP) is 0.350. The molecule has 0 aromatic carbocycles. The number of nitrogen functional groups attached to an aromatic ring is 1. The molecule has 2 aromatic rings. The number of hydrogen-bond acceptors (Lipinski definition) is 6. The van der Waals surface area contributed by atoms with E-state index in [1.807, 2.05) is 4.90 Å². The van der Waals surface area contributed by atoms with Gasteiger partial charge in [0.1, 0.15) is 11.2 Å². The zero-order chi connectivity index (χ0) is 14.1. The molecule has 3 rings (SSSR count). The lowest BCUT2D eigenvalue weighted by molar-refractivity contribution is 0.122. The molecular weight excluding hydrogens is 260 g/mol. The molecule has 106 valence electrons. The Bertz CT molecular complexity index is 692. The number of pyridine rings is 2. The topological polar surface area (TPSA) is 93.5 Å². The summed E-state index contributed by atoms with van der Waals surface area (Å²) in [5, 5.41) is 0. The second-order valence-electron chi connectivity index (χ2n) is 4.57. The largest absolute Gasteiger partial charge is 0.481 e. The SMILES string of the molecule is COc1ccc2[nH]c(=O)c(N3CCOCC3)c(N)c2n1. The van der Waals surface area contributed by atoms with Crippen molar-refractivity contribution in [3.05, 3.63) is 22.5 Å². The van der Waals surface area contributed by atoms with Crippen LogP contribution in [0.4, 0.5) is 11.4 Å². The summed E-state index contributed by atoms with van der Waals surface area (Å²) >= 11 is 0. The van der Waals surface area contributed by atoms with Gasteiger partial charge < -0.3 is 25.1 Å². The molecule has 7 heteroatoms. The van der Waals surface area contributed by atoms with Crippen LogP contribution in [0.2, 0.25) is 0 Å². The number of fused-ring (bicyclic) bond motifs is 1. The Morgan fingerprint density at radius 2 is 2.15 bits per heavy atom. The number of aromatic amines is 1. The van der Waals surface area contributed by atoms with Gasteiger partial charge in [-0.2, -0.15) is 0 Å². The van der Waals surface area contributed by atoms with E-state index in [0.29, 0.717) is 54.6 Å². The first-order chi connectivity index (χ1) is 9.70. The summed E-state index contributed by atoms with van der Waals surface area (Å²) < 4.78 is 10.4. The fraction of sp³-hybridized carbons (Fsp3) is 0.385. The van der Waals surface area contributed by atoms with Crippen molar-refractivity contribution < 1.29 is 9.47 Å². The summed E-state index contributed by atoms with van der Waals surface area (Å²) in [6, 6.07) is 3.42. The van der Waals surface area contributed by atoms with Gasteiger partial charge in [0, 0.05) is 19.2 Å². The van der Waals surface area contributed by atoms with E-state index >= 15 is 0 Å². The first kappa shape index (κ1) is 12.7. The minimum atomic E-state index is -0.205. The number of ether oxygens (including phenoxy) is 2. The van der Waals surface area contributed by atoms with Crippen LogP contribution >= 0.6 is 0 Å². The van der Waals surface area contributed by atoms with E-state index in [1.54, 1.807) is 19.2 Å². The monoisotopic (exact) mass is 276 g/mol. The molecule has 3 N–H and O–H groups in total. The molecule has 0 amide bonds. The fourth-order valence-corrected chi connectivity index (χ4v) is 2.38. The average molecular weight is 276 g/mol. The summed E-state index contributed by atoms with van der Waals surface area (Å²) in [5.74, 6) is 0.462. The summed E-state index contributed by atoms with van der Waals surface area (Å²) in [6.45, 7) is 2.45. The molecule has 1 saturated heterocycles. The maximum atomic E-state index is 12.2. The van der Waals surface area contributed by atoms with Gasteiger partial charge in [-0.15, -0.1) is 0 Å². The van der Waals surface area contributed by atoms with Crippen molar-refractivity contribution >= 4 is 22.4 Å². The summed E-state index contributed by atoms with van der Waals surface area (Å²) in [4.78, 5) is 21.3. The fourth-order valence-electron chi connectivity index (χ4n) is 2.38. The van der Waals surface area contributed by atoms with Gasteiger partial charge in [0.2, 0.25) is 5.88 Å². The molecule has 1 aliphatic rings. The van der Waals surface area contributed by atoms with Crippen LogP contribution in [-0.4, -0.2) is 43.4 Å². The third-order valence-corrected chi connectivity index (χ3v) is 3.38. The Balaban J connectivity index is 2.18. The lowest BCUT2D eigenvalue weighted by Crippen LogP contribution is -2.39. The van der Waals surface area contributed by atoms with Crippen molar-refractivity contribution in [2.75, 3.05) is 44.0 Å². The van der Waals surface area contributed by atoms with Gasteiger partial charge >= 0.3 is 0 Å². The van der Waals surface area contributed by atoms with E-state index in [4.69, 9.17) is 15.2 Å². The molecule has 0 atom stereocenters. The number of nitrogens with two attached hydrogens (primary N) is 1. The predicted molar refractivity (Wildman–Crippen MR) is 76.4 cm³/mol. The molecule has 1 aliphatic heterocycles. The number of nitrogens with one attached hydrogen (secondary N) is 1. The van der Waals surface area contributed by atoms with Crippen LogP contribution in [0.25, 0.3) is 11.0 Å². The minimum Gasteiger partial charge on any atom is -0.481 e. The Morgan fingerprint density at radius 1 is 1.40 bits per heavy atom. The average Bonchev–Trinajstić information content (AvgIpc) is 2.48. The molecule has 20 heavy (non-hydrogen) atoms. The zero-order valence-corrected chi connectivity index (χ0v) is 11.2. The van der Waals surface area contributed by atoms with E-state index in [1.165, 1.54) is 0 Å². The van der Waals surface area contributed by atoms with Crippen LogP contribution in [0.5, 0.6) is 5.88 Å². The van der Waals surface area contributed by atoms with Crippen LogP contribution in [-0.2, 0) is 4.74 Å². The molecule has 0 spiro atoms. The molecular formula is C13H16N4O3. The third kappa shape index (κ3) is 2.05. The van der Waals surface area contributed by atoms with Crippen molar-refractivity contribution in [2.45, 2.75) is 0 Å². The Hall–Kier alpha value is -2.28. The Morgan fingerprint density at radius 3 is 2.85 bits per heavy atom. The van der Waals surface area contributed by atoms with Gasteiger partial charge in [0.05, 0.1) is 31.5 Å². The van der Waals surface area contributed by atoms with Gasteiger partial charge in [0.25, 0.3) is 5.56 Å². The molecule has 0 bridgehead atoms. The molecule has 0 saturated carbocycles. The number of nitrogens with zero attached hydrogens (tertiary/aromatic N) is 2. The number of anilines is 2. The van der Waals surface area contributed by atoms with E-state index in [-0.39, 0.29) is 5.56 Å². The smallest absolute Gasteiger partial charge is 0.274 e. The van der Waals surface area contributed by atoms with Crippen molar-refractivity contribution in [1.29, 1.82) is 0 Å². The summed E-state index contributed by atoms with van der Waals surface area (Å²) in [5.41, 5.74) is 7.94. The molecule has 0 aliphatic carbocycles. The second kappa shape index (κ2) is 5.01. The number of methoxy groups -OCH3 is 1. The highest BCUT2D eigenvalue weighted by atomic mass is 16.5. The third-order valence-electron chi connectivity index (χ3n) is 3.38. The molecule has 1 fully saturated rings. The van der Waals surface area contributed by atoms with E-state index in [9.17, 15) is 4.79 Å². The van der Waals surface area contributed by atoms with Gasteiger partial charge in [-0.05, 0) is 6.07 Å². The molecule has 2 aromatic heterocycles. The van der Waals surface area contributed by atoms with Gasteiger partial charge in [-0.1, -0.05) is 0 Å². The molecule has 0 unspecified atom stereocenters. The number of aromatic nitrogens is 2. The second-order valence-corrected chi connectivity index (χ2v) is 4.57. The van der Waals surface area contributed by atoms with Gasteiger partial charge in [0.15, 0.2) is 0 Å². The lowest BCUT2D eigenvalue weighted by atomic mass is 10.2. The van der Waals surface area contributed by atoms with Crippen LogP contribution in [0.3, 0.4) is 0 Å². The standard InChI is InChI=1S/C13H16N4O3/c1-19-9-3-2-8-11(16-9)10(14)12(13(18)15-8)17-4-6-20-7-5-17/h2-3H,4-7H2,1H3,(H3,14,15,18). The maximum Gasteiger partial charge on any atom is 0.274 e. The van der Waals surface area contributed by atoms with Gasteiger partial charge in [-0.25, -0.2) is 4.98 Å². The number of morpholine rings is 1. The first-order valence-electron chi connectivity index (χ1n) is 6.40. The van der Waals surface area contributed by atoms with Crippen LogP contribution in [0, 0.1) is 0 Å². The Kier molecular flexibility index (Phi) is 3.19. The first-order valence-corrected chi connectivity index (χ1v) is 6.40. The highest BCUT2D eigenvalue weighted by molar-refractivity contribution is 5.93. The van der Waals surface area contributed by atoms with Crippen molar-refractivity contribution in [2.24, 2.45) is 0 Å². The van der Waals surface area contributed by atoms with E-state index in [0.717, 1.165) is 0 Å². The van der Waals surface area contributed by atoms with Crippen molar-refractivity contribution in [3.8, 4) is 5.88 Å². The highest BCUT2D eigenvalue weighted by Gasteiger charge is 2.20. The minimum absolute atomic E-state index is 0.205. The van der Waals surface area contributed by atoms with Crippen molar-refractivity contribution in [1.82, 2.24) is 9.97 Å². The molecule has 7 nitrogen and oxygen atoms in total. The van der Waals surface area contributed by atoms with Crippen LogP contribution < -0.4 is 20.9 Å². The lowest BCUT2D eigenvalue weighted by Gasteiger charge is -2.29. The maximum absolute atomic E-state index is 12.2. The normalized spacial score (nSPS) is 15.6. The van der Waals surface area contributed by atoms with Gasteiger partial charge in [-0.3, -0.25) is 4.79 Å². The van der Waals surface area contributed by atoms with E-state index in [2.05, 4.69) is 9.97 Å². The summed E-state index contributed by atoms with van der Waals surface area (Å²) in [6.07, 6.45) is 0. The van der Waals surface area contributed by atoms with E-state index < -0.39 is 0 Å². The van der Waals surface area contributed by atoms with Crippen LogP contribution in [0.15, 0.2) is 16.9 Å². The van der Waals surface area contributed by atoms with Crippen LogP contribution in [0.1, 0.15) is 0 Å². The van der Waals surface area contributed by atoms with Crippen molar-refractivity contribution in [3.63, 3.8) is 0 Å².